The van der Waals surface area contributed by atoms with Crippen molar-refractivity contribution in [1.82, 2.24) is 10.2 Å². The van der Waals surface area contributed by atoms with Gasteiger partial charge in [0.2, 0.25) is 11.8 Å². The molecule has 0 spiro atoms. The number of carbonyl (C=O) groups is 2. The maximum Gasteiger partial charge on any atom is 0.250 e. The highest BCUT2D eigenvalue weighted by molar-refractivity contribution is 5.97. The molecule has 2 heterocycles. The summed E-state index contributed by atoms with van der Waals surface area (Å²) in [6, 6.07) is 8.67. The van der Waals surface area contributed by atoms with Crippen LogP contribution in [0.2, 0.25) is 0 Å². The van der Waals surface area contributed by atoms with Gasteiger partial charge in [0.25, 0.3) is 0 Å². The number of fused-ring (bicyclic) bond motifs is 1. The Morgan fingerprint density at radius 3 is 2.71 bits per heavy atom. The van der Waals surface area contributed by atoms with E-state index in [1.165, 1.54) is 0 Å². The van der Waals surface area contributed by atoms with Gasteiger partial charge < -0.3 is 10.2 Å². The molecule has 1 N–H and O–H groups in total. The fourth-order valence-corrected chi connectivity index (χ4v) is 2.64. The van der Waals surface area contributed by atoms with E-state index in [1.54, 1.807) is 4.90 Å². The average molecular weight is 230 g/mol. The molecule has 3 rings (SSSR count). The number of hydrogen-bond donors (Lipinski definition) is 1. The smallest absolute Gasteiger partial charge is 0.250 e. The molecular weight excluding hydrogens is 216 g/mol. The van der Waals surface area contributed by atoms with Crippen LogP contribution in [-0.2, 0) is 9.59 Å². The van der Waals surface area contributed by atoms with Crippen LogP contribution < -0.4 is 5.32 Å². The first-order valence-corrected chi connectivity index (χ1v) is 5.93. The first-order valence-electron chi connectivity index (χ1n) is 5.93. The second-order valence-corrected chi connectivity index (χ2v) is 4.54. The summed E-state index contributed by atoms with van der Waals surface area (Å²) in [6.45, 7) is 0.709. The molecule has 0 saturated carbocycles. The molecule has 2 aliphatic rings. The molecule has 2 fully saturated rings. The number of piperazine rings is 1. The zero-order valence-electron chi connectivity index (χ0n) is 9.43. The molecule has 2 saturated heterocycles. The first-order chi connectivity index (χ1) is 8.27. The minimum atomic E-state index is -0.502. The normalized spacial score (nSPS) is 27.9. The van der Waals surface area contributed by atoms with Crippen LogP contribution >= 0.6 is 0 Å². The topological polar surface area (TPSA) is 49.4 Å². The van der Waals surface area contributed by atoms with E-state index in [4.69, 9.17) is 0 Å². The summed E-state index contributed by atoms with van der Waals surface area (Å²) in [4.78, 5) is 25.9. The monoisotopic (exact) mass is 230 g/mol. The fourth-order valence-electron chi connectivity index (χ4n) is 2.64. The summed E-state index contributed by atoms with van der Waals surface area (Å²) in [5.74, 6) is 0.00857. The van der Waals surface area contributed by atoms with E-state index in [1.807, 2.05) is 30.3 Å². The van der Waals surface area contributed by atoms with Gasteiger partial charge in [-0.3, -0.25) is 9.59 Å². The Morgan fingerprint density at radius 2 is 1.94 bits per heavy atom. The van der Waals surface area contributed by atoms with Crippen LogP contribution in [0, 0.1) is 0 Å². The number of hydrogen-bond acceptors (Lipinski definition) is 2. The minimum absolute atomic E-state index is 0.0176. The molecule has 1 aromatic carbocycles. The van der Waals surface area contributed by atoms with Gasteiger partial charge in [0.1, 0.15) is 12.1 Å². The van der Waals surface area contributed by atoms with Crippen molar-refractivity contribution in [1.29, 1.82) is 0 Å². The van der Waals surface area contributed by atoms with Crippen LogP contribution in [0.15, 0.2) is 30.3 Å². The first kappa shape index (κ1) is 10.3. The summed E-state index contributed by atoms with van der Waals surface area (Å²) in [5.41, 5.74) is 0.858. The lowest BCUT2D eigenvalue weighted by Gasteiger charge is -2.34. The second-order valence-electron chi connectivity index (χ2n) is 4.54. The molecule has 1 aromatic rings. The predicted octanol–water partition coefficient (Wildman–Crippen LogP) is 0.848. The lowest BCUT2D eigenvalue weighted by molar-refractivity contribution is -0.147. The zero-order chi connectivity index (χ0) is 11.8. The molecule has 2 amide bonds. The number of carbonyl (C=O) groups excluding carboxylic acids is 2. The number of amides is 2. The van der Waals surface area contributed by atoms with Gasteiger partial charge in [-0.2, -0.15) is 0 Å². The van der Waals surface area contributed by atoms with E-state index in [0.717, 1.165) is 18.4 Å². The van der Waals surface area contributed by atoms with Gasteiger partial charge in [-0.05, 0) is 18.4 Å². The van der Waals surface area contributed by atoms with E-state index >= 15 is 0 Å². The number of rotatable bonds is 1. The maximum atomic E-state index is 12.3. The van der Waals surface area contributed by atoms with Crippen LogP contribution in [0.1, 0.15) is 24.4 Å². The van der Waals surface area contributed by atoms with E-state index in [2.05, 4.69) is 5.32 Å². The quantitative estimate of drug-likeness (QED) is 0.777. The van der Waals surface area contributed by atoms with Crippen molar-refractivity contribution in [3.8, 4) is 0 Å². The third-order valence-corrected chi connectivity index (χ3v) is 3.50. The predicted molar refractivity (Wildman–Crippen MR) is 62.1 cm³/mol. The lowest BCUT2D eigenvalue weighted by Crippen LogP contribution is -2.56. The fraction of sp³-hybridized carbons (Fsp3) is 0.385. The standard InChI is InChI=1S/C13H14N2O2/c16-12-10-7-4-8-15(10)13(17)11(14-12)9-5-2-1-3-6-9/h1-3,5-6,10-11H,4,7-8H2,(H,14,16)/t10-,11+/m1/s1. The Bertz CT molecular complexity index is 458. The van der Waals surface area contributed by atoms with Crippen molar-refractivity contribution in [2.45, 2.75) is 24.9 Å². The molecule has 0 unspecified atom stereocenters. The Labute approximate surface area is 99.6 Å². The van der Waals surface area contributed by atoms with Crippen LogP contribution in [0.4, 0.5) is 0 Å². The molecule has 4 heteroatoms. The van der Waals surface area contributed by atoms with E-state index in [0.29, 0.717) is 6.54 Å². The minimum Gasteiger partial charge on any atom is -0.339 e. The number of nitrogens with one attached hydrogen (secondary N) is 1. The van der Waals surface area contributed by atoms with Gasteiger partial charge in [0.15, 0.2) is 0 Å². The summed E-state index contributed by atoms with van der Waals surface area (Å²) in [5, 5.41) is 2.82. The third-order valence-electron chi connectivity index (χ3n) is 3.50. The summed E-state index contributed by atoms with van der Waals surface area (Å²) in [7, 11) is 0. The van der Waals surface area contributed by atoms with E-state index in [9.17, 15) is 9.59 Å². The van der Waals surface area contributed by atoms with Gasteiger partial charge in [0.05, 0.1) is 0 Å². The van der Waals surface area contributed by atoms with Crippen LogP contribution in [0.25, 0.3) is 0 Å². The van der Waals surface area contributed by atoms with Gasteiger partial charge in [0, 0.05) is 6.54 Å². The molecule has 17 heavy (non-hydrogen) atoms. The van der Waals surface area contributed by atoms with Crippen molar-refractivity contribution in [3.63, 3.8) is 0 Å². The van der Waals surface area contributed by atoms with Crippen LogP contribution in [0.3, 0.4) is 0 Å². The summed E-state index contributed by atoms with van der Waals surface area (Å²) >= 11 is 0. The second kappa shape index (κ2) is 3.87. The van der Waals surface area contributed by atoms with Crippen LogP contribution in [-0.4, -0.2) is 29.3 Å². The van der Waals surface area contributed by atoms with Crippen molar-refractivity contribution >= 4 is 11.8 Å². The number of benzene rings is 1. The Balaban J connectivity index is 1.92. The van der Waals surface area contributed by atoms with Gasteiger partial charge in [-0.1, -0.05) is 30.3 Å². The average Bonchev–Trinajstić information content (AvgIpc) is 2.85. The molecule has 2 aliphatic heterocycles. The molecular formula is C13H14N2O2. The van der Waals surface area contributed by atoms with Gasteiger partial charge >= 0.3 is 0 Å². The van der Waals surface area contributed by atoms with Crippen molar-refractivity contribution in [3.05, 3.63) is 35.9 Å². The van der Waals surface area contributed by atoms with E-state index in [-0.39, 0.29) is 17.9 Å². The van der Waals surface area contributed by atoms with Crippen molar-refractivity contribution < 1.29 is 9.59 Å². The molecule has 2 atom stereocenters. The highest BCUT2D eigenvalue weighted by Gasteiger charge is 2.43. The highest BCUT2D eigenvalue weighted by Crippen LogP contribution is 2.27. The molecule has 0 aliphatic carbocycles. The van der Waals surface area contributed by atoms with E-state index < -0.39 is 6.04 Å². The summed E-state index contributed by atoms with van der Waals surface area (Å²) < 4.78 is 0. The lowest BCUT2D eigenvalue weighted by atomic mass is 10.0. The third kappa shape index (κ3) is 1.60. The molecule has 0 bridgehead atoms. The molecule has 0 aromatic heterocycles. The summed E-state index contributed by atoms with van der Waals surface area (Å²) in [6.07, 6.45) is 1.71. The SMILES string of the molecule is O=C1N[C@@H](c2ccccc2)C(=O)N2CCC[C@H]12. The Morgan fingerprint density at radius 1 is 1.18 bits per heavy atom. The maximum absolute atomic E-state index is 12.3. The Kier molecular flexibility index (Phi) is 2.35. The highest BCUT2D eigenvalue weighted by atomic mass is 16.2. The zero-order valence-corrected chi connectivity index (χ0v) is 9.43. The Hall–Kier alpha value is -1.84. The van der Waals surface area contributed by atoms with Crippen molar-refractivity contribution in [2.75, 3.05) is 6.54 Å². The molecule has 88 valence electrons. The molecule has 4 nitrogen and oxygen atoms in total. The van der Waals surface area contributed by atoms with Gasteiger partial charge in [-0.15, -0.1) is 0 Å². The van der Waals surface area contributed by atoms with Crippen LogP contribution in [0.5, 0.6) is 0 Å². The number of nitrogens with zero attached hydrogens (tertiary/aromatic N) is 1. The van der Waals surface area contributed by atoms with Crippen molar-refractivity contribution in [2.24, 2.45) is 0 Å². The molecule has 0 radical (unpaired) electrons. The largest absolute Gasteiger partial charge is 0.339 e. The van der Waals surface area contributed by atoms with Gasteiger partial charge in [-0.25, -0.2) is 0 Å².